The van der Waals surface area contributed by atoms with Gasteiger partial charge in [0.1, 0.15) is 0 Å². The summed E-state index contributed by atoms with van der Waals surface area (Å²) in [5.74, 6) is -0.574. The fourth-order valence-electron chi connectivity index (χ4n) is 1.98. The zero-order valence-electron chi connectivity index (χ0n) is 12.1. The van der Waals surface area contributed by atoms with Crippen LogP contribution < -0.4 is 16.4 Å². The summed E-state index contributed by atoms with van der Waals surface area (Å²) in [5.41, 5.74) is 7.36. The Morgan fingerprint density at radius 3 is 2.76 bits per heavy atom. The molecule has 6 heteroatoms. The summed E-state index contributed by atoms with van der Waals surface area (Å²) in [7, 11) is 0. The Balaban J connectivity index is 1.93. The monoisotopic (exact) mass is 288 g/mol. The molecule has 5 N–H and O–H groups in total. The van der Waals surface area contributed by atoms with Crippen LogP contribution in [0.1, 0.15) is 13.8 Å². The van der Waals surface area contributed by atoms with Gasteiger partial charge in [0, 0.05) is 17.1 Å². The Morgan fingerprint density at radius 1 is 1.29 bits per heavy atom. The van der Waals surface area contributed by atoms with Crippen molar-refractivity contribution in [2.75, 3.05) is 11.9 Å². The second-order valence-corrected chi connectivity index (χ2v) is 5.28. The summed E-state index contributed by atoms with van der Waals surface area (Å²) in [6.07, 6.45) is 1.81. The zero-order valence-corrected chi connectivity index (χ0v) is 12.1. The topological polar surface area (TPSA) is 100 Å². The molecule has 112 valence electrons. The van der Waals surface area contributed by atoms with Crippen molar-refractivity contribution in [1.29, 1.82) is 0 Å². The molecule has 0 bridgehead atoms. The standard InChI is InChI=1S/C15H20N4O2/c1-9(2)14(16)15(21)18-8-13(20)19-12-5-3-4-11-10(12)6-7-17-11/h3-7,9,14,17H,8,16H2,1-2H3,(H,18,21)(H,19,20)/t14-/m0/s1. The fourth-order valence-corrected chi connectivity index (χ4v) is 1.98. The highest BCUT2D eigenvalue weighted by Crippen LogP contribution is 2.21. The molecule has 0 saturated carbocycles. The van der Waals surface area contributed by atoms with Gasteiger partial charge in [0.2, 0.25) is 11.8 Å². The maximum Gasteiger partial charge on any atom is 0.243 e. The van der Waals surface area contributed by atoms with Gasteiger partial charge in [0.25, 0.3) is 0 Å². The molecule has 0 saturated heterocycles. The van der Waals surface area contributed by atoms with Gasteiger partial charge in [0.15, 0.2) is 0 Å². The van der Waals surface area contributed by atoms with E-state index in [0.717, 1.165) is 10.9 Å². The first-order valence-electron chi connectivity index (χ1n) is 6.88. The van der Waals surface area contributed by atoms with Crippen LogP contribution in [0.15, 0.2) is 30.5 Å². The van der Waals surface area contributed by atoms with Gasteiger partial charge in [-0.15, -0.1) is 0 Å². The molecule has 0 aliphatic rings. The number of H-pyrrole nitrogens is 1. The quantitative estimate of drug-likeness (QED) is 0.665. The average Bonchev–Trinajstić information content (AvgIpc) is 2.93. The van der Waals surface area contributed by atoms with E-state index in [-0.39, 0.29) is 24.3 Å². The Bertz CT molecular complexity index is 648. The van der Waals surface area contributed by atoms with Crippen molar-refractivity contribution in [3.63, 3.8) is 0 Å². The van der Waals surface area contributed by atoms with Gasteiger partial charge < -0.3 is 21.4 Å². The lowest BCUT2D eigenvalue weighted by molar-refractivity contribution is -0.125. The number of anilines is 1. The van der Waals surface area contributed by atoms with Crippen molar-refractivity contribution < 1.29 is 9.59 Å². The number of amides is 2. The SMILES string of the molecule is CC(C)[C@H](N)C(=O)NCC(=O)Nc1cccc2[nH]ccc12. The minimum Gasteiger partial charge on any atom is -0.361 e. The number of rotatable bonds is 5. The summed E-state index contributed by atoms with van der Waals surface area (Å²) in [6, 6.07) is 6.87. The average molecular weight is 288 g/mol. The van der Waals surface area contributed by atoms with Gasteiger partial charge in [0.05, 0.1) is 18.3 Å². The Labute approximate surface area is 123 Å². The van der Waals surface area contributed by atoms with Gasteiger partial charge in [-0.25, -0.2) is 0 Å². The van der Waals surface area contributed by atoms with Crippen LogP contribution in [-0.2, 0) is 9.59 Å². The number of aromatic nitrogens is 1. The van der Waals surface area contributed by atoms with Crippen LogP contribution >= 0.6 is 0 Å². The number of nitrogens with one attached hydrogen (secondary N) is 3. The maximum atomic E-state index is 11.9. The molecule has 6 nitrogen and oxygen atoms in total. The van der Waals surface area contributed by atoms with Gasteiger partial charge >= 0.3 is 0 Å². The highest BCUT2D eigenvalue weighted by Gasteiger charge is 2.17. The number of nitrogens with two attached hydrogens (primary N) is 1. The third-order valence-electron chi connectivity index (χ3n) is 3.31. The van der Waals surface area contributed by atoms with E-state index in [1.165, 1.54) is 0 Å². The third-order valence-corrected chi connectivity index (χ3v) is 3.31. The molecule has 0 fully saturated rings. The second kappa shape index (κ2) is 6.41. The summed E-state index contributed by atoms with van der Waals surface area (Å²) in [4.78, 5) is 26.7. The van der Waals surface area contributed by atoms with Crippen LogP contribution in [0.2, 0.25) is 0 Å². The zero-order chi connectivity index (χ0) is 15.4. The van der Waals surface area contributed by atoms with Crippen LogP contribution in [0.25, 0.3) is 10.9 Å². The lowest BCUT2D eigenvalue weighted by Gasteiger charge is -2.15. The van der Waals surface area contributed by atoms with Crippen LogP contribution in [0.4, 0.5) is 5.69 Å². The number of benzene rings is 1. The molecule has 1 atom stereocenters. The number of fused-ring (bicyclic) bond motifs is 1. The van der Waals surface area contributed by atoms with Crippen LogP contribution in [0.3, 0.4) is 0 Å². The summed E-state index contributed by atoms with van der Waals surface area (Å²) in [5, 5.41) is 6.25. The van der Waals surface area contributed by atoms with Crippen molar-refractivity contribution in [1.82, 2.24) is 10.3 Å². The predicted molar refractivity (Wildman–Crippen MR) is 82.8 cm³/mol. The van der Waals surface area contributed by atoms with Gasteiger partial charge in [-0.3, -0.25) is 9.59 Å². The molecule has 0 aliphatic heterocycles. The van der Waals surface area contributed by atoms with Gasteiger partial charge in [-0.1, -0.05) is 19.9 Å². The molecule has 21 heavy (non-hydrogen) atoms. The molecular weight excluding hydrogens is 268 g/mol. The van der Waals surface area contributed by atoms with E-state index < -0.39 is 6.04 Å². The second-order valence-electron chi connectivity index (χ2n) is 5.28. The minimum atomic E-state index is -0.606. The van der Waals surface area contributed by atoms with Crippen molar-refractivity contribution in [3.8, 4) is 0 Å². The van der Waals surface area contributed by atoms with E-state index in [0.29, 0.717) is 5.69 Å². The molecule has 0 aliphatic carbocycles. The molecule has 2 rings (SSSR count). The Kier molecular flexibility index (Phi) is 4.59. The minimum absolute atomic E-state index is 0.0293. The number of hydrogen-bond donors (Lipinski definition) is 4. The molecule has 0 spiro atoms. The molecule has 1 aromatic heterocycles. The van der Waals surface area contributed by atoms with E-state index in [2.05, 4.69) is 15.6 Å². The Morgan fingerprint density at radius 2 is 2.05 bits per heavy atom. The van der Waals surface area contributed by atoms with Crippen molar-refractivity contribution in [3.05, 3.63) is 30.5 Å². The van der Waals surface area contributed by atoms with Crippen LogP contribution in [-0.4, -0.2) is 29.4 Å². The summed E-state index contributed by atoms with van der Waals surface area (Å²) in [6.45, 7) is 3.62. The first-order chi connectivity index (χ1) is 9.99. The molecular formula is C15H20N4O2. The highest BCUT2D eigenvalue weighted by atomic mass is 16.2. The maximum absolute atomic E-state index is 11.9. The highest BCUT2D eigenvalue weighted by molar-refractivity contribution is 6.02. The largest absolute Gasteiger partial charge is 0.361 e. The number of aromatic amines is 1. The van der Waals surface area contributed by atoms with Gasteiger partial charge in [-0.2, -0.15) is 0 Å². The molecule has 2 aromatic rings. The molecule has 2 amide bonds. The van der Waals surface area contributed by atoms with E-state index >= 15 is 0 Å². The van der Waals surface area contributed by atoms with E-state index in [4.69, 9.17) is 5.73 Å². The lowest BCUT2D eigenvalue weighted by atomic mass is 10.1. The number of hydrogen-bond acceptors (Lipinski definition) is 3. The normalized spacial score (nSPS) is 12.4. The fraction of sp³-hybridized carbons (Fsp3) is 0.333. The first-order valence-corrected chi connectivity index (χ1v) is 6.88. The lowest BCUT2D eigenvalue weighted by Crippen LogP contribution is -2.46. The van der Waals surface area contributed by atoms with E-state index in [1.54, 1.807) is 0 Å². The predicted octanol–water partition coefficient (Wildman–Crippen LogP) is 1.21. The first kappa shape index (κ1) is 15.1. The van der Waals surface area contributed by atoms with Crippen molar-refractivity contribution in [2.45, 2.75) is 19.9 Å². The smallest absolute Gasteiger partial charge is 0.243 e. The molecule has 1 aromatic carbocycles. The van der Waals surface area contributed by atoms with E-state index in [9.17, 15) is 9.59 Å². The van der Waals surface area contributed by atoms with Crippen molar-refractivity contribution >= 4 is 28.4 Å². The van der Waals surface area contributed by atoms with Crippen LogP contribution in [0.5, 0.6) is 0 Å². The van der Waals surface area contributed by atoms with Gasteiger partial charge in [-0.05, 0) is 24.1 Å². The molecule has 1 heterocycles. The molecule has 0 unspecified atom stereocenters. The number of carbonyl (C=O) groups excluding carboxylic acids is 2. The Hall–Kier alpha value is -2.34. The van der Waals surface area contributed by atoms with E-state index in [1.807, 2.05) is 44.3 Å². The van der Waals surface area contributed by atoms with Crippen molar-refractivity contribution in [2.24, 2.45) is 11.7 Å². The number of carbonyl (C=O) groups is 2. The third kappa shape index (κ3) is 3.61. The summed E-state index contributed by atoms with van der Waals surface area (Å²) >= 11 is 0. The molecule has 0 radical (unpaired) electrons. The van der Waals surface area contributed by atoms with Crippen LogP contribution in [0, 0.1) is 5.92 Å². The summed E-state index contributed by atoms with van der Waals surface area (Å²) < 4.78 is 0.